The molecule has 0 unspecified atom stereocenters. The smallest absolute Gasteiger partial charge is 0.273 e. The van der Waals surface area contributed by atoms with Crippen LogP contribution in [0.2, 0.25) is 0 Å². The van der Waals surface area contributed by atoms with Crippen LogP contribution in [0.4, 0.5) is 5.69 Å². The van der Waals surface area contributed by atoms with Crippen molar-refractivity contribution in [1.29, 1.82) is 0 Å². The summed E-state index contributed by atoms with van der Waals surface area (Å²) in [5.41, 5.74) is 3.29. The highest BCUT2D eigenvalue weighted by molar-refractivity contribution is 5.85. The predicted octanol–water partition coefficient (Wildman–Crippen LogP) is 2.70. The average molecular weight is 271 g/mol. The molecule has 3 rings (SSSR count). The van der Waals surface area contributed by atoms with Crippen LogP contribution in [0, 0.1) is 10.1 Å². The molecule has 0 bridgehead atoms. The third kappa shape index (κ3) is 1.85. The lowest BCUT2D eigenvalue weighted by molar-refractivity contribution is -0.385. The highest BCUT2D eigenvalue weighted by Gasteiger charge is 2.27. The lowest BCUT2D eigenvalue weighted by Crippen LogP contribution is -2.07. The molecule has 1 aliphatic carbocycles. The van der Waals surface area contributed by atoms with Crippen molar-refractivity contribution in [1.82, 2.24) is 9.97 Å². The van der Waals surface area contributed by atoms with E-state index in [9.17, 15) is 10.1 Å². The van der Waals surface area contributed by atoms with Crippen molar-refractivity contribution in [3.8, 4) is 5.75 Å². The van der Waals surface area contributed by atoms with Gasteiger partial charge in [-0.1, -0.05) is 6.08 Å². The third-order valence-corrected chi connectivity index (χ3v) is 3.45. The maximum absolute atomic E-state index is 11.2. The van der Waals surface area contributed by atoms with E-state index in [0.29, 0.717) is 12.2 Å². The number of ether oxygens (including phenoxy) is 1. The number of benzene rings is 1. The Kier molecular flexibility index (Phi) is 2.98. The zero-order valence-electron chi connectivity index (χ0n) is 10.9. The summed E-state index contributed by atoms with van der Waals surface area (Å²) in [6, 6.07) is 3.15. The molecule has 0 fully saturated rings. The molecule has 0 saturated heterocycles. The Balaban J connectivity index is 2.25. The first kappa shape index (κ1) is 12.4. The average Bonchev–Trinajstić information content (AvgIpc) is 2.99. The second-order valence-electron chi connectivity index (χ2n) is 4.51. The number of fused-ring (bicyclic) bond motifs is 1. The van der Waals surface area contributed by atoms with E-state index < -0.39 is 0 Å². The summed E-state index contributed by atoms with van der Waals surface area (Å²) >= 11 is 0. The molecule has 102 valence electrons. The quantitative estimate of drug-likeness (QED) is 0.687. The molecule has 1 N–H and O–H groups in total. The number of methoxy groups -OCH3 is 1. The summed E-state index contributed by atoms with van der Waals surface area (Å²) < 4.78 is 5.37. The summed E-state index contributed by atoms with van der Waals surface area (Å²) in [5.74, 6) is 0.638. The highest BCUT2D eigenvalue weighted by atomic mass is 16.6. The van der Waals surface area contributed by atoms with Crippen LogP contribution in [-0.2, 0) is 6.42 Å². The van der Waals surface area contributed by atoms with Crippen molar-refractivity contribution in [2.45, 2.75) is 12.8 Å². The zero-order chi connectivity index (χ0) is 14.1. The van der Waals surface area contributed by atoms with Crippen molar-refractivity contribution in [2.24, 2.45) is 0 Å². The number of hydrogen-bond acceptors (Lipinski definition) is 4. The Labute approximate surface area is 115 Å². The standard InChI is InChI=1S/C14H13N3O3/c1-20-13-6-5-12(17(18)19)10-4-2-3-9(14(10)13)11-7-15-8-16-11/h3,5-8H,2,4H2,1H3,(H,15,16). The van der Waals surface area contributed by atoms with Crippen LogP contribution in [0.5, 0.6) is 5.75 Å². The molecule has 0 radical (unpaired) electrons. The lowest BCUT2D eigenvalue weighted by atomic mass is 9.87. The Morgan fingerprint density at radius 2 is 2.30 bits per heavy atom. The number of nitrogens with zero attached hydrogens (tertiary/aromatic N) is 2. The van der Waals surface area contributed by atoms with Gasteiger partial charge in [-0.15, -0.1) is 0 Å². The van der Waals surface area contributed by atoms with Gasteiger partial charge in [-0.05, 0) is 18.9 Å². The number of hydrogen-bond donors (Lipinski definition) is 1. The van der Waals surface area contributed by atoms with E-state index in [0.717, 1.165) is 28.8 Å². The predicted molar refractivity (Wildman–Crippen MR) is 73.6 cm³/mol. The SMILES string of the molecule is COc1ccc([N+](=O)[O-])c2c1C(c1c[nH]cn1)=CCC2. The first-order valence-corrected chi connectivity index (χ1v) is 6.26. The topological polar surface area (TPSA) is 81.0 Å². The zero-order valence-corrected chi connectivity index (χ0v) is 10.9. The summed E-state index contributed by atoms with van der Waals surface area (Å²) in [7, 11) is 1.57. The molecule has 1 aromatic heterocycles. The normalized spacial score (nSPS) is 13.6. The molecule has 1 aliphatic rings. The Morgan fingerprint density at radius 3 is 2.95 bits per heavy atom. The summed E-state index contributed by atoms with van der Waals surface area (Å²) in [4.78, 5) is 18.0. The number of H-pyrrole nitrogens is 1. The number of aromatic nitrogens is 2. The number of nitro benzene ring substituents is 1. The second kappa shape index (κ2) is 4.80. The summed E-state index contributed by atoms with van der Waals surface area (Å²) in [5, 5.41) is 11.2. The number of imidazole rings is 1. The van der Waals surface area contributed by atoms with Crippen molar-refractivity contribution in [2.75, 3.05) is 7.11 Å². The Hall–Kier alpha value is -2.63. The van der Waals surface area contributed by atoms with E-state index in [-0.39, 0.29) is 10.6 Å². The van der Waals surface area contributed by atoms with Gasteiger partial charge in [0.05, 0.1) is 24.1 Å². The molecule has 0 atom stereocenters. The van der Waals surface area contributed by atoms with Gasteiger partial charge >= 0.3 is 0 Å². The highest BCUT2D eigenvalue weighted by Crippen LogP contribution is 2.41. The number of rotatable bonds is 3. The van der Waals surface area contributed by atoms with Crippen molar-refractivity contribution < 1.29 is 9.66 Å². The summed E-state index contributed by atoms with van der Waals surface area (Å²) in [6.07, 6.45) is 6.80. The van der Waals surface area contributed by atoms with Gasteiger partial charge in [-0.25, -0.2) is 4.98 Å². The van der Waals surface area contributed by atoms with Gasteiger partial charge in [0.2, 0.25) is 0 Å². The summed E-state index contributed by atoms with van der Waals surface area (Å²) in [6.45, 7) is 0. The van der Waals surface area contributed by atoms with Gasteiger partial charge in [0.15, 0.2) is 0 Å². The Morgan fingerprint density at radius 1 is 1.45 bits per heavy atom. The number of nitro groups is 1. The van der Waals surface area contributed by atoms with Gasteiger partial charge < -0.3 is 9.72 Å². The maximum atomic E-state index is 11.2. The molecule has 6 heteroatoms. The molecular formula is C14H13N3O3. The molecular weight excluding hydrogens is 258 g/mol. The van der Waals surface area contributed by atoms with Crippen LogP contribution in [0.1, 0.15) is 23.2 Å². The van der Waals surface area contributed by atoms with Crippen LogP contribution in [0.25, 0.3) is 5.57 Å². The van der Waals surface area contributed by atoms with Crippen LogP contribution in [0.15, 0.2) is 30.7 Å². The van der Waals surface area contributed by atoms with Gasteiger partial charge in [0, 0.05) is 29.0 Å². The van der Waals surface area contributed by atoms with Crippen LogP contribution in [-0.4, -0.2) is 22.0 Å². The molecule has 0 spiro atoms. The fourth-order valence-corrected chi connectivity index (χ4v) is 2.61. The van der Waals surface area contributed by atoms with E-state index >= 15 is 0 Å². The van der Waals surface area contributed by atoms with Crippen molar-refractivity contribution >= 4 is 11.3 Å². The number of nitrogens with one attached hydrogen (secondary N) is 1. The number of allylic oxidation sites excluding steroid dienone is 1. The second-order valence-corrected chi connectivity index (χ2v) is 4.51. The van der Waals surface area contributed by atoms with Crippen molar-refractivity contribution in [3.63, 3.8) is 0 Å². The largest absolute Gasteiger partial charge is 0.496 e. The molecule has 20 heavy (non-hydrogen) atoms. The van der Waals surface area contributed by atoms with E-state index in [1.165, 1.54) is 6.07 Å². The first-order chi connectivity index (χ1) is 9.72. The molecule has 1 aromatic carbocycles. The van der Waals surface area contributed by atoms with Gasteiger partial charge in [-0.2, -0.15) is 0 Å². The minimum atomic E-state index is -0.342. The molecule has 2 aromatic rings. The molecule has 0 saturated carbocycles. The van der Waals surface area contributed by atoms with Gasteiger partial charge in [-0.3, -0.25) is 10.1 Å². The maximum Gasteiger partial charge on any atom is 0.273 e. The first-order valence-electron chi connectivity index (χ1n) is 6.26. The van der Waals surface area contributed by atoms with E-state index in [2.05, 4.69) is 9.97 Å². The third-order valence-electron chi connectivity index (χ3n) is 3.45. The number of aromatic amines is 1. The van der Waals surface area contributed by atoms with Crippen LogP contribution >= 0.6 is 0 Å². The van der Waals surface area contributed by atoms with Crippen molar-refractivity contribution in [3.05, 3.63) is 57.7 Å². The molecule has 6 nitrogen and oxygen atoms in total. The van der Waals surface area contributed by atoms with Crippen LogP contribution in [0.3, 0.4) is 0 Å². The fourth-order valence-electron chi connectivity index (χ4n) is 2.61. The lowest BCUT2D eigenvalue weighted by Gasteiger charge is -2.19. The minimum Gasteiger partial charge on any atom is -0.496 e. The fraction of sp³-hybridized carbons (Fsp3) is 0.214. The molecule has 0 amide bonds. The molecule has 0 aliphatic heterocycles. The molecule has 1 heterocycles. The Bertz CT molecular complexity index is 690. The van der Waals surface area contributed by atoms with Gasteiger partial charge in [0.1, 0.15) is 5.75 Å². The van der Waals surface area contributed by atoms with Gasteiger partial charge in [0.25, 0.3) is 5.69 Å². The van der Waals surface area contributed by atoms with E-state index in [1.807, 2.05) is 6.08 Å². The van der Waals surface area contributed by atoms with Crippen LogP contribution < -0.4 is 4.74 Å². The van der Waals surface area contributed by atoms with E-state index in [1.54, 1.807) is 25.7 Å². The monoisotopic (exact) mass is 271 g/mol. The van der Waals surface area contributed by atoms with E-state index in [4.69, 9.17) is 4.74 Å². The minimum absolute atomic E-state index is 0.141.